The molecule has 252 valence electrons. The minimum Gasteiger partial charge on any atom is -0.368 e. The molecule has 5 heterocycles. The molecule has 1 N–H and O–H groups in total. The molecule has 1 saturated heterocycles. The summed E-state index contributed by atoms with van der Waals surface area (Å²) < 4.78 is 31.8. The van der Waals surface area contributed by atoms with Gasteiger partial charge in [-0.25, -0.2) is 13.8 Å². The summed E-state index contributed by atoms with van der Waals surface area (Å²) in [6, 6.07) is 10.5. The van der Waals surface area contributed by atoms with Crippen LogP contribution < -0.4 is 20.7 Å². The van der Waals surface area contributed by atoms with Crippen molar-refractivity contribution in [3.05, 3.63) is 87.5 Å². The lowest BCUT2D eigenvalue weighted by Gasteiger charge is -2.35. The number of hydrogen-bond acceptors (Lipinski definition) is 6. The molecule has 0 radical (unpaired) electrons. The number of pyridine rings is 2. The molecule has 2 aliphatic heterocycles. The number of piperazine rings is 1. The third-order valence-electron chi connectivity index (χ3n) is 10.1. The van der Waals surface area contributed by atoms with Gasteiger partial charge in [-0.05, 0) is 77.8 Å². The van der Waals surface area contributed by atoms with Crippen molar-refractivity contribution in [3.8, 4) is 11.1 Å². The number of aromatic nitrogens is 3. The van der Waals surface area contributed by atoms with Gasteiger partial charge >= 0.3 is 0 Å². The summed E-state index contributed by atoms with van der Waals surface area (Å²) in [6.07, 6.45) is 5.94. The minimum absolute atomic E-state index is 0.112. The average molecular weight is 656 g/mol. The molecule has 7 rings (SSSR count). The number of hydrogen-bond donors (Lipinski definition) is 1. The van der Waals surface area contributed by atoms with Crippen LogP contribution in [0.2, 0.25) is 0 Å². The second kappa shape index (κ2) is 12.5. The van der Waals surface area contributed by atoms with Gasteiger partial charge in [-0.1, -0.05) is 20.8 Å². The molecule has 1 amide bonds. The van der Waals surface area contributed by atoms with Crippen molar-refractivity contribution in [2.45, 2.75) is 46.6 Å². The SMILES string of the molecule is CCc1c(-c2cc(Nc3ccc(N4CCN(CCF)CC4)cn3)c(=O)n(C)c2)cc(F)cc1N1CCn2c(cc3c2CC(C)(C)C3)C1=O. The Morgan fingerprint density at radius 3 is 2.48 bits per heavy atom. The third-order valence-corrected chi connectivity index (χ3v) is 10.1. The molecule has 0 saturated carbocycles. The lowest BCUT2D eigenvalue weighted by molar-refractivity contribution is 0.0964. The fraction of sp³-hybridized carbons (Fsp3) is 0.432. The third kappa shape index (κ3) is 5.89. The minimum atomic E-state index is -0.443. The topological polar surface area (TPSA) is 78.6 Å². The number of anilines is 4. The highest BCUT2D eigenvalue weighted by atomic mass is 19.1. The van der Waals surface area contributed by atoms with E-state index in [9.17, 15) is 14.0 Å². The van der Waals surface area contributed by atoms with E-state index in [1.54, 1.807) is 30.4 Å². The van der Waals surface area contributed by atoms with Gasteiger partial charge in [0.25, 0.3) is 11.5 Å². The Morgan fingerprint density at radius 1 is 0.979 bits per heavy atom. The number of nitrogens with one attached hydrogen (secondary N) is 1. The van der Waals surface area contributed by atoms with E-state index in [4.69, 9.17) is 0 Å². The lowest BCUT2D eigenvalue weighted by atomic mass is 9.90. The zero-order valence-corrected chi connectivity index (χ0v) is 28.2. The van der Waals surface area contributed by atoms with Gasteiger partial charge in [0, 0.05) is 70.3 Å². The van der Waals surface area contributed by atoms with Crippen LogP contribution in [0.15, 0.2) is 53.6 Å². The molecule has 3 aliphatic rings. The molecule has 0 spiro atoms. The lowest BCUT2D eigenvalue weighted by Crippen LogP contribution is -2.47. The number of aryl methyl sites for hydroxylation is 1. The van der Waals surface area contributed by atoms with Crippen molar-refractivity contribution in [3.63, 3.8) is 0 Å². The fourth-order valence-electron chi connectivity index (χ4n) is 7.72. The van der Waals surface area contributed by atoms with E-state index < -0.39 is 5.82 Å². The zero-order chi connectivity index (χ0) is 33.7. The Morgan fingerprint density at radius 2 is 1.77 bits per heavy atom. The van der Waals surface area contributed by atoms with E-state index >= 15 is 4.39 Å². The van der Waals surface area contributed by atoms with Crippen LogP contribution >= 0.6 is 0 Å². The number of amides is 1. The molecule has 0 unspecified atom stereocenters. The van der Waals surface area contributed by atoms with Gasteiger partial charge in [0.05, 0.1) is 17.6 Å². The Bertz CT molecular complexity index is 1920. The predicted molar refractivity (Wildman–Crippen MR) is 186 cm³/mol. The standard InChI is InChI=1S/C37H43F2N7O2/c1-5-28-29(18-26(39)19-31(28)46-15-14-45-32(36(46)48)17-24-20-37(2,3)21-33(24)45)25-16-30(35(47)42(4)23-25)41-34-7-6-27(22-40-34)44-12-10-43(9-8-38)11-13-44/h6-7,16-19,22-23H,5,8-15,20-21H2,1-4H3,(H,40,41). The van der Waals surface area contributed by atoms with Gasteiger partial charge in [0.15, 0.2) is 0 Å². The maximum atomic E-state index is 15.4. The zero-order valence-electron chi connectivity index (χ0n) is 28.2. The van der Waals surface area contributed by atoms with Gasteiger partial charge in [0.1, 0.15) is 29.7 Å². The van der Waals surface area contributed by atoms with Crippen LogP contribution in [0.25, 0.3) is 11.1 Å². The van der Waals surface area contributed by atoms with E-state index in [1.807, 2.05) is 25.1 Å². The highest BCUT2D eigenvalue weighted by Gasteiger charge is 2.37. The molecule has 1 aliphatic carbocycles. The average Bonchev–Trinajstić information content (AvgIpc) is 3.56. The van der Waals surface area contributed by atoms with Gasteiger partial charge in [-0.2, -0.15) is 0 Å². The number of halogens is 2. The van der Waals surface area contributed by atoms with Gasteiger partial charge in [-0.15, -0.1) is 0 Å². The monoisotopic (exact) mass is 655 g/mol. The second-order valence-corrected chi connectivity index (χ2v) is 14.0. The summed E-state index contributed by atoms with van der Waals surface area (Å²) in [5, 5.41) is 3.18. The van der Waals surface area contributed by atoms with Crippen LogP contribution in [0, 0.1) is 11.2 Å². The van der Waals surface area contributed by atoms with Gasteiger partial charge in [-0.3, -0.25) is 14.5 Å². The maximum absolute atomic E-state index is 15.4. The molecule has 1 aromatic carbocycles. The molecule has 9 nitrogen and oxygen atoms in total. The van der Waals surface area contributed by atoms with Gasteiger partial charge < -0.3 is 24.3 Å². The Balaban J connectivity index is 1.16. The van der Waals surface area contributed by atoms with Crippen LogP contribution in [-0.4, -0.2) is 70.9 Å². The van der Waals surface area contributed by atoms with E-state index in [1.165, 1.54) is 28.0 Å². The smallest absolute Gasteiger partial charge is 0.274 e. The Kier molecular flexibility index (Phi) is 8.35. The number of fused-ring (bicyclic) bond motifs is 3. The van der Waals surface area contributed by atoms with Crippen molar-refractivity contribution < 1.29 is 13.6 Å². The molecule has 48 heavy (non-hydrogen) atoms. The van der Waals surface area contributed by atoms with Crippen LogP contribution in [-0.2, 0) is 32.9 Å². The molecule has 3 aromatic heterocycles. The van der Waals surface area contributed by atoms with Crippen molar-refractivity contribution in [1.82, 2.24) is 19.0 Å². The second-order valence-electron chi connectivity index (χ2n) is 14.0. The first-order chi connectivity index (χ1) is 23.0. The first kappa shape index (κ1) is 32.1. The van der Waals surface area contributed by atoms with E-state index in [-0.39, 0.29) is 23.6 Å². The Labute approximate surface area is 279 Å². The van der Waals surface area contributed by atoms with Crippen LogP contribution in [0.1, 0.15) is 48.1 Å². The number of carbonyl (C=O) groups is 1. The van der Waals surface area contributed by atoms with Crippen molar-refractivity contribution in [2.24, 2.45) is 12.5 Å². The molecule has 4 aromatic rings. The van der Waals surface area contributed by atoms with E-state index in [0.717, 1.165) is 50.3 Å². The fourth-order valence-corrected chi connectivity index (χ4v) is 7.72. The van der Waals surface area contributed by atoms with Crippen molar-refractivity contribution in [2.75, 3.05) is 61.1 Å². The number of nitrogens with zero attached hydrogens (tertiary/aromatic N) is 6. The highest BCUT2D eigenvalue weighted by Crippen LogP contribution is 2.41. The molecule has 11 heteroatoms. The number of alkyl halides is 1. The molecule has 1 fully saturated rings. The highest BCUT2D eigenvalue weighted by molar-refractivity contribution is 6.07. The summed E-state index contributed by atoms with van der Waals surface area (Å²) in [5.74, 6) is -0.0445. The van der Waals surface area contributed by atoms with Crippen LogP contribution in [0.3, 0.4) is 0 Å². The normalized spacial score (nSPS) is 17.5. The van der Waals surface area contributed by atoms with Gasteiger partial charge in [0.2, 0.25) is 0 Å². The molecular formula is C37H43F2N7O2. The molecule has 0 bridgehead atoms. The summed E-state index contributed by atoms with van der Waals surface area (Å²) in [7, 11) is 1.67. The quantitative estimate of drug-likeness (QED) is 0.268. The predicted octanol–water partition coefficient (Wildman–Crippen LogP) is 5.57. The summed E-state index contributed by atoms with van der Waals surface area (Å²) in [6.45, 7) is 11.0. The summed E-state index contributed by atoms with van der Waals surface area (Å²) >= 11 is 0. The maximum Gasteiger partial charge on any atom is 0.274 e. The molecular weight excluding hydrogens is 612 g/mol. The van der Waals surface area contributed by atoms with E-state index in [2.05, 4.69) is 38.5 Å². The summed E-state index contributed by atoms with van der Waals surface area (Å²) in [4.78, 5) is 37.8. The number of carbonyl (C=O) groups excluding carboxylic acids is 1. The van der Waals surface area contributed by atoms with E-state index in [0.29, 0.717) is 60.1 Å². The number of benzene rings is 1. The van der Waals surface area contributed by atoms with Crippen LogP contribution in [0.5, 0.6) is 0 Å². The largest absolute Gasteiger partial charge is 0.368 e. The van der Waals surface area contributed by atoms with Crippen molar-refractivity contribution in [1.29, 1.82) is 0 Å². The molecule has 0 atom stereocenters. The Hall–Kier alpha value is -4.51. The first-order valence-corrected chi connectivity index (χ1v) is 16.9. The number of rotatable bonds is 8. The first-order valence-electron chi connectivity index (χ1n) is 16.9. The summed E-state index contributed by atoms with van der Waals surface area (Å²) in [5.41, 5.74) is 7.09. The van der Waals surface area contributed by atoms with Crippen molar-refractivity contribution >= 4 is 28.8 Å². The van der Waals surface area contributed by atoms with Crippen LogP contribution in [0.4, 0.5) is 31.7 Å².